The molecule has 0 aliphatic carbocycles. The van der Waals surface area contributed by atoms with Crippen LogP contribution in [0.4, 0.5) is 0 Å². The lowest BCUT2D eigenvalue weighted by Gasteiger charge is -2.23. The number of aliphatic hydroxyl groups excluding tert-OH is 1. The van der Waals surface area contributed by atoms with Crippen LogP contribution in [-0.4, -0.2) is 46.7 Å². The van der Waals surface area contributed by atoms with Crippen LogP contribution < -0.4 is 10.9 Å². The summed E-state index contributed by atoms with van der Waals surface area (Å²) < 4.78 is 6.04. The zero-order chi connectivity index (χ0) is 14.5. The molecule has 1 amide bonds. The van der Waals surface area contributed by atoms with Gasteiger partial charge in [-0.1, -0.05) is 0 Å². The van der Waals surface area contributed by atoms with Gasteiger partial charge in [0.25, 0.3) is 11.5 Å². The molecule has 106 valence electrons. The summed E-state index contributed by atoms with van der Waals surface area (Å²) in [6.07, 6.45) is 0. The number of nitrogens with one attached hydrogen (secondary N) is 1. The highest BCUT2D eigenvalue weighted by atomic mass is 16.5. The summed E-state index contributed by atoms with van der Waals surface area (Å²) in [5.74, 6) is -0.440. The number of rotatable bonds is 6. The molecule has 2 N–H and O–H groups in total. The molecule has 0 atom stereocenters. The van der Waals surface area contributed by atoms with E-state index in [0.29, 0.717) is 6.61 Å². The third-order valence-electron chi connectivity index (χ3n) is 2.45. The van der Waals surface area contributed by atoms with Crippen molar-refractivity contribution in [3.63, 3.8) is 0 Å². The molecule has 0 saturated heterocycles. The number of nitrogens with zero attached hydrogens (tertiary/aromatic N) is 2. The van der Waals surface area contributed by atoms with E-state index in [1.165, 1.54) is 23.9 Å². The summed E-state index contributed by atoms with van der Waals surface area (Å²) in [6.45, 7) is 3.79. The van der Waals surface area contributed by atoms with Crippen molar-refractivity contribution in [1.82, 2.24) is 15.1 Å². The van der Waals surface area contributed by atoms with Gasteiger partial charge in [-0.3, -0.25) is 9.59 Å². The van der Waals surface area contributed by atoms with Gasteiger partial charge in [0.1, 0.15) is 5.69 Å². The van der Waals surface area contributed by atoms with Crippen LogP contribution >= 0.6 is 0 Å². The van der Waals surface area contributed by atoms with Crippen molar-refractivity contribution >= 4 is 5.91 Å². The summed E-state index contributed by atoms with van der Waals surface area (Å²) in [7, 11) is 1.52. The summed E-state index contributed by atoms with van der Waals surface area (Å²) in [5, 5.41) is 15.7. The van der Waals surface area contributed by atoms with Crippen LogP contribution in [0.1, 0.15) is 24.3 Å². The van der Waals surface area contributed by atoms with Crippen molar-refractivity contribution in [2.24, 2.45) is 0 Å². The van der Waals surface area contributed by atoms with Crippen molar-refractivity contribution in [1.29, 1.82) is 0 Å². The molecule has 1 aromatic heterocycles. The minimum absolute atomic E-state index is 0.122. The Bertz CT molecular complexity index is 496. The van der Waals surface area contributed by atoms with Gasteiger partial charge in [-0.25, -0.2) is 4.68 Å². The lowest BCUT2D eigenvalue weighted by atomic mass is 10.1. The Hall–Kier alpha value is -1.73. The predicted octanol–water partition coefficient (Wildman–Crippen LogP) is -0.610. The number of aliphatic hydroxyl groups is 1. The van der Waals surface area contributed by atoms with Crippen molar-refractivity contribution in [2.45, 2.75) is 25.9 Å². The normalized spacial score (nSPS) is 11.4. The second-order valence-corrected chi connectivity index (χ2v) is 4.77. The minimum atomic E-state index is -0.744. The van der Waals surface area contributed by atoms with Gasteiger partial charge in [-0.15, -0.1) is 0 Å². The summed E-state index contributed by atoms with van der Waals surface area (Å²) in [5.41, 5.74) is -0.918. The molecule has 0 saturated carbocycles. The summed E-state index contributed by atoms with van der Waals surface area (Å²) in [4.78, 5) is 23.4. The van der Waals surface area contributed by atoms with Gasteiger partial charge in [-0.2, -0.15) is 5.10 Å². The summed E-state index contributed by atoms with van der Waals surface area (Å²) >= 11 is 0. The Labute approximate surface area is 111 Å². The van der Waals surface area contributed by atoms with Crippen molar-refractivity contribution in [2.75, 3.05) is 20.3 Å². The highest BCUT2D eigenvalue weighted by Crippen LogP contribution is 2.02. The highest BCUT2D eigenvalue weighted by molar-refractivity contribution is 5.92. The summed E-state index contributed by atoms with van der Waals surface area (Å²) in [6, 6.07) is 2.64. The Balaban J connectivity index is 2.89. The van der Waals surface area contributed by atoms with Crippen LogP contribution in [0.15, 0.2) is 16.9 Å². The van der Waals surface area contributed by atoms with E-state index < -0.39 is 11.4 Å². The smallest absolute Gasteiger partial charge is 0.272 e. The molecule has 7 nitrogen and oxygen atoms in total. The molecule has 19 heavy (non-hydrogen) atoms. The van der Waals surface area contributed by atoms with Crippen molar-refractivity contribution < 1.29 is 14.6 Å². The maximum absolute atomic E-state index is 11.9. The van der Waals surface area contributed by atoms with Crippen LogP contribution in [0.2, 0.25) is 0 Å². The highest BCUT2D eigenvalue weighted by Gasteiger charge is 2.21. The number of hydrogen-bond acceptors (Lipinski definition) is 5. The number of amides is 1. The zero-order valence-corrected chi connectivity index (χ0v) is 11.3. The van der Waals surface area contributed by atoms with Crippen LogP contribution in [0.3, 0.4) is 0 Å². The van der Waals surface area contributed by atoms with Crippen LogP contribution in [0.5, 0.6) is 0 Å². The Morgan fingerprint density at radius 3 is 2.79 bits per heavy atom. The van der Waals surface area contributed by atoms with E-state index in [1.54, 1.807) is 13.8 Å². The number of ether oxygens (including phenoxy) is 1. The van der Waals surface area contributed by atoms with Gasteiger partial charge in [0.2, 0.25) is 0 Å². The number of carbonyl (C=O) groups excluding carboxylic acids is 1. The first-order valence-corrected chi connectivity index (χ1v) is 5.90. The third-order valence-corrected chi connectivity index (χ3v) is 2.45. The molecule has 1 aromatic rings. The first kappa shape index (κ1) is 15.3. The molecular formula is C12H19N3O4. The quantitative estimate of drug-likeness (QED) is 0.718. The zero-order valence-electron chi connectivity index (χ0n) is 11.3. The average molecular weight is 269 g/mol. The predicted molar refractivity (Wildman–Crippen MR) is 69.0 cm³/mol. The van der Waals surface area contributed by atoms with Crippen LogP contribution in [-0.2, 0) is 11.3 Å². The topological polar surface area (TPSA) is 93.5 Å². The number of methoxy groups -OCH3 is 1. The number of hydrogen-bond donors (Lipinski definition) is 2. The molecule has 0 radical (unpaired) electrons. The lowest BCUT2D eigenvalue weighted by molar-refractivity contribution is 0.0860. The largest absolute Gasteiger partial charge is 0.394 e. The second kappa shape index (κ2) is 6.44. The van der Waals surface area contributed by atoms with Crippen LogP contribution in [0.25, 0.3) is 0 Å². The Morgan fingerprint density at radius 1 is 1.53 bits per heavy atom. The van der Waals surface area contributed by atoms with E-state index in [0.717, 1.165) is 0 Å². The standard InChI is InChI=1S/C12H19N3O4/c1-12(2,8-16)13-11(18)9-4-5-10(17)15(14-9)6-7-19-3/h4-5,16H,6-8H2,1-3H3,(H,13,18). The fourth-order valence-electron chi connectivity index (χ4n) is 1.32. The molecule has 0 aromatic carbocycles. The van der Waals surface area contributed by atoms with Gasteiger partial charge in [0.05, 0.1) is 25.3 Å². The van der Waals surface area contributed by atoms with E-state index in [2.05, 4.69) is 10.4 Å². The van der Waals surface area contributed by atoms with Gasteiger partial charge in [0, 0.05) is 13.2 Å². The first-order chi connectivity index (χ1) is 8.89. The Kier molecular flexibility index (Phi) is 5.20. The molecule has 0 fully saturated rings. The fraction of sp³-hybridized carbons (Fsp3) is 0.583. The minimum Gasteiger partial charge on any atom is -0.394 e. The monoisotopic (exact) mass is 269 g/mol. The van der Waals surface area contributed by atoms with E-state index >= 15 is 0 Å². The van der Waals surface area contributed by atoms with Crippen molar-refractivity contribution in [3.8, 4) is 0 Å². The number of aromatic nitrogens is 2. The molecule has 1 heterocycles. The van der Waals surface area contributed by atoms with E-state index in [9.17, 15) is 9.59 Å². The lowest BCUT2D eigenvalue weighted by Crippen LogP contribution is -2.46. The van der Waals surface area contributed by atoms with Crippen LogP contribution in [0, 0.1) is 0 Å². The molecule has 0 unspecified atom stereocenters. The number of carbonyl (C=O) groups is 1. The second-order valence-electron chi connectivity index (χ2n) is 4.77. The molecule has 0 spiro atoms. The molecular weight excluding hydrogens is 250 g/mol. The van der Waals surface area contributed by atoms with E-state index in [1.807, 2.05) is 0 Å². The van der Waals surface area contributed by atoms with Crippen molar-refractivity contribution in [3.05, 3.63) is 28.2 Å². The molecule has 0 aliphatic heterocycles. The first-order valence-electron chi connectivity index (χ1n) is 5.90. The molecule has 1 rings (SSSR count). The fourth-order valence-corrected chi connectivity index (χ4v) is 1.32. The molecule has 7 heteroatoms. The van der Waals surface area contributed by atoms with Gasteiger partial charge in [0.15, 0.2) is 0 Å². The molecule has 0 bridgehead atoms. The van der Waals surface area contributed by atoms with E-state index in [4.69, 9.17) is 9.84 Å². The SMILES string of the molecule is COCCn1nc(C(=O)NC(C)(C)CO)ccc1=O. The maximum Gasteiger partial charge on any atom is 0.272 e. The van der Waals surface area contributed by atoms with Gasteiger partial charge in [-0.05, 0) is 19.9 Å². The molecule has 0 aliphatic rings. The van der Waals surface area contributed by atoms with Gasteiger partial charge < -0.3 is 15.2 Å². The third kappa shape index (κ3) is 4.46. The van der Waals surface area contributed by atoms with Gasteiger partial charge >= 0.3 is 0 Å². The average Bonchev–Trinajstić information content (AvgIpc) is 2.37. The van der Waals surface area contributed by atoms with E-state index in [-0.39, 0.29) is 24.4 Å². The Morgan fingerprint density at radius 2 is 2.21 bits per heavy atom. The maximum atomic E-state index is 11.9.